The Morgan fingerprint density at radius 1 is 0.607 bits per heavy atom. The van der Waals surface area contributed by atoms with Gasteiger partial charge in [0.1, 0.15) is 0 Å². The van der Waals surface area contributed by atoms with E-state index in [0.29, 0.717) is 0 Å². The Kier molecular flexibility index (Phi) is 6.19. The third kappa shape index (κ3) is 5.46. The van der Waals surface area contributed by atoms with Crippen LogP contribution in [0.4, 0.5) is 0 Å². The minimum absolute atomic E-state index is 0.0557. The van der Waals surface area contributed by atoms with Gasteiger partial charge in [-0.15, -0.1) is 0 Å². The Morgan fingerprint density at radius 3 is 1.68 bits per heavy atom. The van der Waals surface area contributed by atoms with E-state index in [1.807, 2.05) is 6.20 Å². The molecule has 0 spiro atoms. The van der Waals surface area contributed by atoms with E-state index in [-0.39, 0.29) is 21.7 Å². The Bertz CT molecular complexity index is 728. The fourth-order valence-electron chi connectivity index (χ4n) is 3.57. The lowest BCUT2D eigenvalue weighted by molar-refractivity contribution is 0.368. The maximum Gasteiger partial charge on any atom is 0.0462 e. The highest BCUT2D eigenvalue weighted by molar-refractivity contribution is 5.33. The molecule has 0 fully saturated rings. The van der Waals surface area contributed by atoms with Gasteiger partial charge >= 0.3 is 0 Å². The lowest BCUT2D eigenvalue weighted by Crippen LogP contribution is -2.26. The van der Waals surface area contributed by atoms with Crippen LogP contribution in [0.2, 0.25) is 0 Å². The number of benzene rings is 1. The van der Waals surface area contributed by atoms with Crippen LogP contribution >= 0.6 is 0 Å². The molecule has 0 saturated carbocycles. The van der Waals surface area contributed by atoms with Gasteiger partial charge in [-0.25, -0.2) is 0 Å². The summed E-state index contributed by atoms with van der Waals surface area (Å²) < 4.78 is 0. The van der Waals surface area contributed by atoms with Crippen molar-refractivity contribution in [3.63, 3.8) is 0 Å². The average Bonchev–Trinajstić information content (AvgIpc) is 2.59. The van der Waals surface area contributed by atoms with E-state index < -0.39 is 0 Å². The Morgan fingerprint density at radius 2 is 1.11 bits per heavy atom. The Hall–Kier alpha value is -1.63. The predicted octanol–water partition coefficient (Wildman–Crippen LogP) is 7.71. The highest BCUT2D eigenvalue weighted by Gasteiger charge is 2.29. The zero-order valence-electron chi connectivity index (χ0n) is 19.9. The number of hydrogen-bond donors (Lipinski definition) is 0. The van der Waals surface area contributed by atoms with E-state index in [0.717, 1.165) is 12.8 Å². The van der Waals surface area contributed by atoms with E-state index in [4.69, 9.17) is 4.98 Å². The van der Waals surface area contributed by atoms with Crippen molar-refractivity contribution in [1.82, 2.24) is 4.98 Å². The summed E-state index contributed by atoms with van der Waals surface area (Å²) in [6.45, 7) is 23.1. The van der Waals surface area contributed by atoms with Gasteiger partial charge in [0.2, 0.25) is 0 Å². The molecule has 28 heavy (non-hydrogen) atoms. The van der Waals surface area contributed by atoms with Gasteiger partial charge in [-0.2, -0.15) is 0 Å². The summed E-state index contributed by atoms with van der Waals surface area (Å²) in [5.74, 6) is 0. The van der Waals surface area contributed by atoms with Crippen LogP contribution < -0.4 is 0 Å². The summed E-state index contributed by atoms with van der Waals surface area (Å²) >= 11 is 0. The maximum atomic E-state index is 4.74. The molecule has 0 radical (unpaired) electrons. The first-order chi connectivity index (χ1) is 12.6. The van der Waals surface area contributed by atoms with E-state index in [1.54, 1.807) is 0 Å². The third-order valence-corrected chi connectivity index (χ3v) is 6.20. The molecule has 0 bridgehead atoms. The van der Waals surface area contributed by atoms with Crippen molar-refractivity contribution in [1.29, 1.82) is 0 Å². The van der Waals surface area contributed by atoms with Crippen molar-refractivity contribution in [2.24, 2.45) is 0 Å². The largest absolute Gasteiger partial charge is 0.261 e. The first kappa shape index (κ1) is 22.7. The molecule has 0 amide bonds. The van der Waals surface area contributed by atoms with Gasteiger partial charge in [-0.1, -0.05) is 93.5 Å². The van der Waals surface area contributed by atoms with Gasteiger partial charge in [0.05, 0.1) is 0 Å². The molecule has 0 N–H and O–H groups in total. The second-order valence-electron chi connectivity index (χ2n) is 11.8. The first-order valence-electron chi connectivity index (χ1n) is 10.7. The highest BCUT2D eigenvalue weighted by atomic mass is 14.7. The van der Waals surface area contributed by atoms with Crippen molar-refractivity contribution >= 4 is 0 Å². The third-order valence-electron chi connectivity index (χ3n) is 6.20. The Labute approximate surface area is 174 Å². The topological polar surface area (TPSA) is 12.9 Å². The second-order valence-corrected chi connectivity index (χ2v) is 11.8. The normalized spacial score (nSPS) is 13.6. The predicted molar refractivity (Wildman–Crippen MR) is 123 cm³/mol. The van der Waals surface area contributed by atoms with Crippen molar-refractivity contribution in [3.05, 3.63) is 65.0 Å². The molecule has 0 aliphatic rings. The molecule has 0 saturated heterocycles. The SMILES string of the molecule is CC(C)(C)c1cccc(C(C)(C)CCC(C)(C)c2cc(C(C)(C)C)ccn2)c1. The van der Waals surface area contributed by atoms with E-state index in [2.05, 4.69) is 106 Å². The number of aromatic nitrogens is 1. The summed E-state index contributed by atoms with van der Waals surface area (Å²) in [6.07, 6.45) is 4.23. The molecule has 2 rings (SSSR count). The molecular weight excluding hydrogens is 338 g/mol. The Balaban J connectivity index is 2.22. The summed E-state index contributed by atoms with van der Waals surface area (Å²) in [5.41, 5.74) is 5.95. The van der Waals surface area contributed by atoms with Crippen molar-refractivity contribution in [2.75, 3.05) is 0 Å². The van der Waals surface area contributed by atoms with E-state index >= 15 is 0 Å². The van der Waals surface area contributed by atoms with Gasteiger partial charge < -0.3 is 0 Å². The lowest BCUT2D eigenvalue weighted by atomic mass is 9.72. The summed E-state index contributed by atoms with van der Waals surface area (Å²) in [4.78, 5) is 4.74. The quantitative estimate of drug-likeness (QED) is 0.518. The minimum Gasteiger partial charge on any atom is -0.261 e. The van der Waals surface area contributed by atoms with Crippen molar-refractivity contribution in [2.45, 2.75) is 104 Å². The van der Waals surface area contributed by atoms with Crippen LogP contribution in [0, 0.1) is 0 Å². The first-order valence-corrected chi connectivity index (χ1v) is 10.7. The lowest BCUT2D eigenvalue weighted by Gasteiger charge is -2.33. The van der Waals surface area contributed by atoms with Gasteiger partial charge in [0.25, 0.3) is 0 Å². The van der Waals surface area contributed by atoms with Crippen LogP contribution in [0.25, 0.3) is 0 Å². The van der Waals surface area contributed by atoms with Gasteiger partial charge in [-0.05, 0) is 57.9 Å². The number of pyridine rings is 1. The summed E-state index contributed by atoms with van der Waals surface area (Å²) in [6, 6.07) is 13.6. The maximum absolute atomic E-state index is 4.74. The zero-order chi connectivity index (χ0) is 21.4. The number of hydrogen-bond acceptors (Lipinski definition) is 1. The van der Waals surface area contributed by atoms with Crippen LogP contribution in [-0.4, -0.2) is 4.98 Å². The standard InChI is InChI=1S/C27H41N/c1-24(2,3)20-12-11-13-22(18-20)26(7,8)15-16-27(9,10)23-19-21(14-17-28-23)25(4,5)6/h11-14,17-19H,15-16H2,1-10H3. The molecule has 0 unspecified atom stereocenters. The monoisotopic (exact) mass is 379 g/mol. The molecule has 0 aliphatic carbocycles. The molecule has 1 heterocycles. The van der Waals surface area contributed by atoms with Crippen LogP contribution in [0.3, 0.4) is 0 Å². The number of nitrogens with zero attached hydrogens (tertiary/aromatic N) is 1. The van der Waals surface area contributed by atoms with Crippen molar-refractivity contribution in [3.8, 4) is 0 Å². The molecule has 0 aliphatic heterocycles. The fourth-order valence-corrected chi connectivity index (χ4v) is 3.57. The smallest absolute Gasteiger partial charge is 0.0462 e. The van der Waals surface area contributed by atoms with Gasteiger partial charge in [-0.3, -0.25) is 4.98 Å². The molecule has 1 aromatic heterocycles. The molecule has 154 valence electrons. The van der Waals surface area contributed by atoms with E-state index in [1.165, 1.54) is 22.4 Å². The highest BCUT2D eigenvalue weighted by Crippen LogP contribution is 2.37. The van der Waals surface area contributed by atoms with Crippen LogP contribution in [0.15, 0.2) is 42.6 Å². The summed E-state index contributed by atoms with van der Waals surface area (Å²) in [5, 5.41) is 0. The summed E-state index contributed by atoms with van der Waals surface area (Å²) in [7, 11) is 0. The molecular formula is C27H41N. The minimum atomic E-state index is 0.0557. The number of rotatable bonds is 5. The average molecular weight is 380 g/mol. The second kappa shape index (κ2) is 7.65. The molecule has 1 heteroatoms. The van der Waals surface area contributed by atoms with Crippen molar-refractivity contribution < 1.29 is 0 Å². The fraction of sp³-hybridized carbons (Fsp3) is 0.593. The zero-order valence-corrected chi connectivity index (χ0v) is 19.9. The van der Waals surface area contributed by atoms with Crippen LogP contribution in [0.5, 0.6) is 0 Å². The van der Waals surface area contributed by atoms with Gasteiger partial charge in [0.15, 0.2) is 0 Å². The molecule has 1 aromatic carbocycles. The molecule has 0 atom stereocenters. The molecule has 1 nitrogen and oxygen atoms in total. The van der Waals surface area contributed by atoms with Crippen LogP contribution in [-0.2, 0) is 21.7 Å². The van der Waals surface area contributed by atoms with Gasteiger partial charge in [0, 0.05) is 17.3 Å². The molecule has 2 aromatic rings. The van der Waals surface area contributed by atoms with Crippen LogP contribution in [0.1, 0.15) is 104 Å². The van der Waals surface area contributed by atoms with E-state index in [9.17, 15) is 0 Å².